The van der Waals surface area contributed by atoms with Gasteiger partial charge in [0.2, 0.25) is 0 Å². The Kier molecular flexibility index (Phi) is 6.99. The summed E-state index contributed by atoms with van der Waals surface area (Å²) in [5.41, 5.74) is 3.57. The topological polar surface area (TPSA) is 79.7 Å². The van der Waals surface area contributed by atoms with E-state index in [1.807, 2.05) is 26.0 Å². The molecular formula is C30H27FN2O4S. The van der Waals surface area contributed by atoms with E-state index < -0.39 is 23.5 Å². The second kappa shape index (κ2) is 10.4. The van der Waals surface area contributed by atoms with E-state index in [2.05, 4.69) is 6.92 Å². The third kappa shape index (κ3) is 4.67. The number of aliphatic hydroxyl groups is 1. The van der Waals surface area contributed by atoms with Crippen molar-refractivity contribution in [2.75, 3.05) is 11.5 Å². The molecular weight excluding hydrogens is 503 g/mol. The van der Waals surface area contributed by atoms with E-state index in [-0.39, 0.29) is 16.9 Å². The minimum absolute atomic E-state index is 0.0755. The number of thiazole rings is 1. The van der Waals surface area contributed by atoms with Crippen LogP contribution in [0.2, 0.25) is 0 Å². The zero-order chi connectivity index (χ0) is 27.0. The summed E-state index contributed by atoms with van der Waals surface area (Å²) < 4.78 is 20.2. The standard InChI is InChI=1S/C30H27FN2O4S/c1-4-5-14-37-22-12-8-19(9-13-22)26-24(27(34)20-6-10-21(31)11-7-20)28(35)29(36)33(26)30-32-25-18(3)15-17(2)16-23(25)38-30/h6-13,15-16,26,34H,4-5,14H2,1-3H3/b27-24+. The lowest BCUT2D eigenvalue weighted by molar-refractivity contribution is -0.132. The van der Waals surface area contributed by atoms with E-state index in [9.17, 15) is 19.1 Å². The first-order chi connectivity index (χ1) is 18.3. The molecule has 0 spiro atoms. The Labute approximate surface area is 224 Å². The highest BCUT2D eigenvalue weighted by Crippen LogP contribution is 2.45. The van der Waals surface area contributed by atoms with Crippen LogP contribution in [0.4, 0.5) is 9.52 Å². The highest BCUT2D eigenvalue weighted by Gasteiger charge is 2.48. The van der Waals surface area contributed by atoms with E-state index in [0.29, 0.717) is 23.1 Å². The summed E-state index contributed by atoms with van der Waals surface area (Å²) >= 11 is 1.32. The molecule has 1 amide bonds. The Balaban J connectivity index is 1.65. The Morgan fingerprint density at radius 1 is 1.08 bits per heavy atom. The van der Waals surface area contributed by atoms with E-state index in [1.165, 1.54) is 40.5 Å². The number of Topliss-reactive ketones (excluding diaryl/α,β-unsaturated/α-hetero) is 1. The number of halogens is 1. The number of aromatic nitrogens is 1. The van der Waals surface area contributed by atoms with Crippen molar-refractivity contribution in [3.05, 3.63) is 94.3 Å². The van der Waals surface area contributed by atoms with Gasteiger partial charge in [0, 0.05) is 5.56 Å². The molecule has 5 rings (SSSR count). The molecule has 0 saturated carbocycles. The summed E-state index contributed by atoms with van der Waals surface area (Å²) in [7, 11) is 0. The lowest BCUT2D eigenvalue weighted by Gasteiger charge is -2.23. The Hall–Kier alpha value is -4.04. The molecule has 1 unspecified atom stereocenters. The third-order valence-corrected chi connectivity index (χ3v) is 7.55. The quantitative estimate of drug-likeness (QED) is 0.122. The molecule has 38 heavy (non-hydrogen) atoms. The summed E-state index contributed by atoms with van der Waals surface area (Å²) in [4.78, 5) is 33.0. The first-order valence-electron chi connectivity index (χ1n) is 12.5. The van der Waals surface area contributed by atoms with Crippen LogP contribution in [0.5, 0.6) is 5.75 Å². The van der Waals surface area contributed by atoms with Crippen molar-refractivity contribution in [2.45, 2.75) is 39.7 Å². The number of unbranched alkanes of at least 4 members (excludes halogenated alkanes) is 1. The predicted octanol–water partition coefficient (Wildman–Crippen LogP) is 6.86. The third-order valence-electron chi connectivity index (χ3n) is 6.55. The zero-order valence-electron chi connectivity index (χ0n) is 21.3. The fourth-order valence-corrected chi connectivity index (χ4v) is 5.82. The van der Waals surface area contributed by atoms with Crippen LogP contribution in [0.1, 0.15) is 48.1 Å². The number of rotatable bonds is 7. The lowest BCUT2D eigenvalue weighted by Crippen LogP contribution is -2.29. The highest BCUT2D eigenvalue weighted by atomic mass is 32.1. The number of ketones is 1. The van der Waals surface area contributed by atoms with Gasteiger partial charge in [0.05, 0.1) is 28.4 Å². The van der Waals surface area contributed by atoms with Crippen molar-refractivity contribution in [1.29, 1.82) is 0 Å². The van der Waals surface area contributed by atoms with Crippen molar-refractivity contribution in [1.82, 2.24) is 4.98 Å². The Morgan fingerprint density at radius 2 is 1.79 bits per heavy atom. The highest BCUT2D eigenvalue weighted by molar-refractivity contribution is 7.22. The van der Waals surface area contributed by atoms with Crippen molar-refractivity contribution >= 4 is 44.1 Å². The number of benzene rings is 3. The summed E-state index contributed by atoms with van der Waals surface area (Å²) in [6, 6.07) is 15.4. The molecule has 1 saturated heterocycles. The van der Waals surface area contributed by atoms with Crippen LogP contribution in [0.15, 0.2) is 66.2 Å². The molecule has 6 nitrogen and oxygen atoms in total. The Morgan fingerprint density at radius 3 is 2.47 bits per heavy atom. The van der Waals surface area contributed by atoms with Crippen molar-refractivity contribution in [3.8, 4) is 5.75 Å². The molecule has 0 radical (unpaired) electrons. The molecule has 1 N–H and O–H groups in total. The van der Waals surface area contributed by atoms with Crippen LogP contribution in [-0.4, -0.2) is 28.4 Å². The van der Waals surface area contributed by atoms with Crippen LogP contribution in [0, 0.1) is 19.7 Å². The number of aliphatic hydroxyl groups excluding tert-OH is 1. The number of anilines is 1. The van der Waals surface area contributed by atoms with Gasteiger partial charge < -0.3 is 9.84 Å². The normalized spacial score (nSPS) is 16.9. The van der Waals surface area contributed by atoms with E-state index >= 15 is 0 Å². The van der Waals surface area contributed by atoms with Crippen LogP contribution < -0.4 is 9.64 Å². The molecule has 194 valence electrons. The first kappa shape index (κ1) is 25.6. The fraction of sp³-hybridized carbons (Fsp3) is 0.233. The van der Waals surface area contributed by atoms with E-state index in [0.717, 1.165) is 34.2 Å². The van der Waals surface area contributed by atoms with Gasteiger partial charge in [-0.2, -0.15) is 0 Å². The molecule has 1 aliphatic heterocycles. The van der Waals surface area contributed by atoms with Gasteiger partial charge in [0.25, 0.3) is 5.78 Å². The molecule has 4 aromatic rings. The second-order valence-corrected chi connectivity index (χ2v) is 10.4. The number of hydrogen-bond donors (Lipinski definition) is 1. The summed E-state index contributed by atoms with van der Waals surface area (Å²) in [6.07, 6.45) is 1.94. The average molecular weight is 531 g/mol. The van der Waals surface area contributed by atoms with E-state index in [4.69, 9.17) is 9.72 Å². The molecule has 2 heterocycles. The molecule has 1 aliphatic rings. The van der Waals surface area contributed by atoms with Gasteiger partial charge in [0.1, 0.15) is 17.3 Å². The van der Waals surface area contributed by atoms with Gasteiger partial charge >= 0.3 is 5.91 Å². The average Bonchev–Trinajstić information content (AvgIpc) is 3.43. The fourth-order valence-electron chi connectivity index (χ4n) is 4.65. The Bertz CT molecular complexity index is 1560. The summed E-state index contributed by atoms with van der Waals surface area (Å²) in [6.45, 7) is 6.62. The number of amides is 1. The van der Waals surface area contributed by atoms with Gasteiger partial charge in [-0.15, -0.1) is 0 Å². The monoisotopic (exact) mass is 530 g/mol. The summed E-state index contributed by atoms with van der Waals surface area (Å²) in [5, 5.41) is 11.6. The van der Waals surface area contributed by atoms with E-state index in [1.54, 1.807) is 24.3 Å². The number of nitrogens with zero attached hydrogens (tertiary/aromatic N) is 2. The maximum absolute atomic E-state index is 13.6. The molecule has 8 heteroatoms. The van der Waals surface area contributed by atoms with Crippen molar-refractivity contribution in [3.63, 3.8) is 0 Å². The minimum Gasteiger partial charge on any atom is -0.507 e. The van der Waals surface area contributed by atoms with Crippen molar-refractivity contribution < 1.29 is 23.8 Å². The van der Waals surface area contributed by atoms with Crippen LogP contribution in [-0.2, 0) is 9.59 Å². The second-order valence-electron chi connectivity index (χ2n) is 9.37. The number of carbonyl (C=O) groups excluding carboxylic acids is 2. The maximum Gasteiger partial charge on any atom is 0.301 e. The molecule has 3 aromatic carbocycles. The maximum atomic E-state index is 13.6. The van der Waals surface area contributed by atoms with Gasteiger partial charge in [-0.25, -0.2) is 9.37 Å². The molecule has 0 bridgehead atoms. The summed E-state index contributed by atoms with van der Waals surface area (Å²) in [5.74, 6) is -1.78. The number of aryl methyl sites for hydroxylation is 2. The molecule has 1 atom stereocenters. The van der Waals surface area contributed by atoms with Gasteiger partial charge in [-0.3, -0.25) is 14.5 Å². The first-order valence-corrected chi connectivity index (χ1v) is 13.3. The SMILES string of the molecule is CCCCOc1ccc(C2/C(=C(\O)c3ccc(F)cc3)C(=O)C(=O)N2c2nc3c(C)cc(C)cc3s2)cc1. The van der Waals surface area contributed by atoms with Crippen LogP contribution >= 0.6 is 11.3 Å². The molecule has 0 aliphatic carbocycles. The largest absolute Gasteiger partial charge is 0.507 e. The number of carbonyl (C=O) groups is 2. The molecule has 1 fully saturated rings. The minimum atomic E-state index is -0.924. The molecule has 1 aromatic heterocycles. The number of hydrogen-bond acceptors (Lipinski definition) is 6. The van der Waals surface area contributed by atoms with Gasteiger partial charge in [0.15, 0.2) is 5.13 Å². The lowest BCUT2D eigenvalue weighted by atomic mass is 9.95. The van der Waals surface area contributed by atoms with Crippen LogP contribution in [0.3, 0.4) is 0 Å². The smallest absolute Gasteiger partial charge is 0.301 e. The van der Waals surface area contributed by atoms with Gasteiger partial charge in [-0.1, -0.05) is 42.9 Å². The van der Waals surface area contributed by atoms with Crippen LogP contribution in [0.25, 0.3) is 16.0 Å². The van der Waals surface area contributed by atoms with Crippen molar-refractivity contribution in [2.24, 2.45) is 0 Å². The number of fused-ring (bicyclic) bond motifs is 1. The predicted molar refractivity (Wildman–Crippen MR) is 147 cm³/mol. The number of ether oxygens (including phenoxy) is 1. The zero-order valence-corrected chi connectivity index (χ0v) is 22.1. The van der Waals surface area contributed by atoms with Gasteiger partial charge in [-0.05, 0) is 79.4 Å².